The summed E-state index contributed by atoms with van der Waals surface area (Å²) in [7, 11) is 0. The molecule has 0 bridgehead atoms. The van der Waals surface area contributed by atoms with Crippen molar-refractivity contribution in [1.29, 1.82) is 0 Å². The molecule has 23 heavy (non-hydrogen) atoms. The van der Waals surface area contributed by atoms with Crippen LogP contribution in [0.1, 0.15) is 22.0 Å². The van der Waals surface area contributed by atoms with Gasteiger partial charge in [-0.1, -0.05) is 12.1 Å². The molecule has 0 saturated heterocycles. The number of nitrogens with zero attached hydrogens (tertiary/aromatic N) is 2. The van der Waals surface area contributed by atoms with E-state index in [0.29, 0.717) is 6.54 Å². The van der Waals surface area contributed by atoms with Crippen molar-refractivity contribution in [2.24, 2.45) is 16.5 Å². The second kappa shape index (κ2) is 7.38. The van der Waals surface area contributed by atoms with E-state index in [4.69, 9.17) is 11.5 Å². The summed E-state index contributed by atoms with van der Waals surface area (Å²) < 4.78 is 0. The van der Waals surface area contributed by atoms with Gasteiger partial charge in [0.1, 0.15) is 0 Å². The highest BCUT2D eigenvalue weighted by Crippen LogP contribution is 2.31. The Bertz CT molecular complexity index is 674. The summed E-state index contributed by atoms with van der Waals surface area (Å²) in [6.45, 7) is 2.61. The fourth-order valence-corrected chi connectivity index (χ4v) is 4.28. The zero-order valence-corrected chi connectivity index (χ0v) is 14.9. The van der Waals surface area contributed by atoms with E-state index in [1.165, 1.54) is 20.9 Å². The van der Waals surface area contributed by atoms with E-state index in [2.05, 4.69) is 51.9 Å². The summed E-state index contributed by atoms with van der Waals surface area (Å²) in [5, 5.41) is 2.19. The zero-order chi connectivity index (χ0) is 16.2. The Kier molecular flexibility index (Phi) is 5.25. The molecule has 0 fully saturated rings. The van der Waals surface area contributed by atoms with Crippen LogP contribution < -0.4 is 11.5 Å². The number of benzene rings is 1. The van der Waals surface area contributed by atoms with Crippen molar-refractivity contribution in [3.05, 3.63) is 51.7 Å². The number of thioether (sulfide) groups is 1. The lowest BCUT2D eigenvalue weighted by molar-refractivity contribution is 0.185. The van der Waals surface area contributed by atoms with E-state index < -0.39 is 0 Å². The van der Waals surface area contributed by atoms with Crippen molar-refractivity contribution in [3.63, 3.8) is 0 Å². The second-order valence-electron chi connectivity index (χ2n) is 5.64. The number of aliphatic imine (C=N–C) groups is 1. The van der Waals surface area contributed by atoms with Crippen molar-refractivity contribution >= 4 is 29.1 Å². The SMILES string of the molecule is CSc1ccc(C(CN=C(N)N)N2CCc3sccc3C2)cc1. The van der Waals surface area contributed by atoms with Gasteiger partial charge in [0.05, 0.1) is 12.6 Å². The average molecular weight is 347 g/mol. The first-order chi connectivity index (χ1) is 11.2. The van der Waals surface area contributed by atoms with Crippen LogP contribution in [0.2, 0.25) is 0 Å². The predicted molar refractivity (Wildman–Crippen MR) is 100 cm³/mol. The van der Waals surface area contributed by atoms with Gasteiger partial charge < -0.3 is 11.5 Å². The molecular weight excluding hydrogens is 324 g/mol. The van der Waals surface area contributed by atoms with E-state index in [1.807, 2.05) is 11.3 Å². The van der Waals surface area contributed by atoms with Crippen LogP contribution in [0.4, 0.5) is 0 Å². The van der Waals surface area contributed by atoms with Crippen LogP contribution in [-0.2, 0) is 13.0 Å². The number of thiophene rings is 1. The topological polar surface area (TPSA) is 67.6 Å². The number of hydrogen-bond donors (Lipinski definition) is 2. The van der Waals surface area contributed by atoms with Gasteiger partial charge in [0.2, 0.25) is 0 Å². The lowest BCUT2D eigenvalue weighted by Crippen LogP contribution is -2.36. The Morgan fingerprint density at radius 1 is 1.30 bits per heavy atom. The molecule has 0 aliphatic carbocycles. The van der Waals surface area contributed by atoms with Gasteiger partial charge in [-0.3, -0.25) is 9.89 Å². The van der Waals surface area contributed by atoms with Crippen molar-refractivity contribution < 1.29 is 0 Å². The van der Waals surface area contributed by atoms with E-state index >= 15 is 0 Å². The lowest BCUT2D eigenvalue weighted by Gasteiger charge is -2.34. The van der Waals surface area contributed by atoms with Gasteiger partial charge in [-0.25, -0.2) is 0 Å². The van der Waals surface area contributed by atoms with E-state index in [9.17, 15) is 0 Å². The molecule has 122 valence electrons. The minimum absolute atomic E-state index is 0.156. The third-order valence-electron chi connectivity index (χ3n) is 4.23. The molecule has 1 aromatic heterocycles. The fourth-order valence-electron chi connectivity index (χ4n) is 2.99. The second-order valence-corrected chi connectivity index (χ2v) is 7.52. The molecule has 1 aromatic carbocycles. The van der Waals surface area contributed by atoms with E-state index in [1.54, 1.807) is 11.8 Å². The maximum absolute atomic E-state index is 5.56. The molecule has 2 aromatic rings. The Labute approximate surface area is 145 Å². The summed E-state index contributed by atoms with van der Waals surface area (Å²) in [5.41, 5.74) is 13.8. The molecule has 1 atom stereocenters. The Morgan fingerprint density at radius 3 is 2.78 bits per heavy atom. The minimum Gasteiger partial charge on any atom is -0.370 e. The van der Waals surface area contributed by atoms with Crippen LogP contribution >= 0.6 is 23.1 Å². The molecule has 0 radical (unpaired) electrons. The molecule has 4 nitrogen and oxygen atoms in total. The number of rotatable bonds is 5. The highest BCUT2D eigenvalue weighted by Gasteiger charge is 2.25. The van der Waals surface area contributed by atoms with Crippen LogP contribution in [0.25, 0.3) is 0 Å². The van der Waals surface area contributed by atoms with Crippen molar-refractivity contribution in [1.82, 2.24) is 4.90 Å². The van der Waals surface area contributed by atoms with Crippen molar-refractivity contribution in [2.75, 3.05) is 19.3 Å². The fraction of sp³-hybridized carbons (Fsp3) is 0.353. The van der Waals surface area contributed by atoms with Gasteiger partial charge in [-0.05, 0) is 47.4 Å². The molecule has 4 N–H and O–H groups in total. The average Bonchev–Trinajstić information content (AvgIpc) is 3.03. The van der Waals surface area contributed by atoms with Gasteiger partial charge in [-0.2, -0.15) is 0 Å². The minimum atomic E-state index is 0.156. The molecule has 6 heteroatoms. The maximum Gasteiger partial charge on any atom is 0.185 e. The Balaban J connectivity index is 1.84. The van der Waals surface area contributed by atoms with Gasteiger partial charge in [0.15, 0.2) is 5.96 Å². The number of fused-ring (bicyclic) bond motifs is 1. The van der Waals surface area contributed by atoms with E-state index in [0.717, 1.165) is 19.5 Å². The highest BCUT2D eigenvalue weighted by molar-refractivity contribution is 7.98. The molecule has 1 aliphatic heterocycles. The number of guanidine groups is 1. The van der Waals surface area contributed by atoms with Crippen LogP contribution in [0, 0.1) is 0 Å². The first-order valence-electron chi connectivity index (χ1n) is 7.66. The largest absolute Gasteiger partial charge is 0.370 e. The predicted octanol–water partition coefficient (Wildman–Crippen LogP) is 2.84. The highest BCUT2D eigenvalue weighted by atomic mass is 32.2. The molecule has 1 aliphatic rings. The molecule has 2 heterocycles. The van der Waals surface area contributed by atoms with E-state index in [-0.39, 0.29) is 12.0 Å². The van der Waals surface area contributed by atoms with Crippen LogP contribution in [0.3, 0.4) is 0 Å². The molecule has 1 unspecified atom stereocenters. The summed E-state index contributed by atoms with van der Waals surface area (Å²) in [5.74, 6) is 0.156. The molecule has 0 saturated carbocycles. The summed E-state index contributed by atoms with van der Waals surface area (Å²) in [4.78, 5) is 9.56. The van der Waals surface area contributed by atoms with Gasteiger partial charge in [0, 0.05) is 22.9 Å². The smallest absolute Gasteiger partial charge is 0.185 e. The van der Waals surface area contributed by atoms with Crippen LogP contribution in [0.5, 0.6) is 0 Å². The standard InChI is InChI=1S/C17H22N4S2/c1-22-14-4-2-12(3-5-14)15(10-20-17(18)19)21-8-6-16-13(11-21)7-9-23-16/h2-5,7,9,15H,6,8,10-11H2,1H3,(H4,18,19,20). The quantitative estimate of drug-likeness (QED) is 0.496. The Hall–Kier alpha value is -1.50. The molecule has 3 rings (SSSR count). The Morgan fingerprint density at radius 2 is 2.09 bits per heavy atom. The van der Waals surface area contributed by atoms with Crippen LogP contribution in [-0.4, -0.2) is 30.2 Å². The van der Waals surface area contributed by atoms with Gasteiger partial charge >= 0.3 is 0 Å². The van der Waals surface area contributed by atoms with Gasteiger partial charge in [0.25, 0.3) is 0 Å². The number of nitrogens with two attached hydrogens (primary N) is 2. The van der Waals surface area contributed by atoms with Crippen molar-refractivity contribution in [3.8, 4) is 0 Å². The first kappa shape index (κ1) is 16.4. The number of hydrogen-bond acceptors (Lipinski definition) is 4. The zero-order valence-electron chi connectivity index (χ0n) is 13.2. The van der Waals surface area contributed by atoms with Crippen LogP contribution in [0.15, 0.2) is 45.6 Å². The monoisotopic (exact) mass is 346 g/mol. The lowest BCUT2D eigenvalue weighted by atomic mass is 10.0. The third kappa shape index (κ3) is 3.88. The summed E-state index contributed by atoms with van der Waals surface area (Å²) in [6.07, 6.45) is 3.20. The molecular formula is C17H22N4S2. The first-order valence-corrected chi connectivity index (χ1v) is 9.76. The maximum atomic E-state index is 5.56. The summed E-state index contributed by atoms with van der Waals surface area (Å²) in [6, 6.07) is 11.2. The molecule has 0 spiro atoms. The normalized spacial score (nSPS) is 15.9. The summed E-state index contributed by atoms with van der Waals surface area (Å²) >= 11 is 3.62. The van der Waals surface area contributed by atoms with Gasteiger partial charge in [-0.15, -0.1) is 23.1 Å². The molecule has 0 amide bonds. The van der Waals surface area contributed by atoms with Crippen molar-refractivity contribution in [2.45, 2.75) is 23.9 Å². The third-order valence-corrected chi connectivity index (χ3v) is 5.99.